The Morgan fingerprint density at radius 3 is 2.82 bits per heavy atom. The molecule has 0 bridgehead atoms. The summed E-state index contributed by atoms with van der Waals surface area (Å²) < 4.78 is 36.6. The Labute approximate surface area is 131 Å². The van der Waals surface area contributed by atoms with Crippen LogP contribution in [-0.4, -0.2) is 41.1 Å². The number of halogens is 3. The van der Waals surface area contributed by atoms with Crippen molar-refractivity contribution in [2.45, 2.75) is 45.5 Å². The van der Waals surface area contributed by atoms with E-state index in [0.29, 0.717) is 6.42 Å². The highest BCUT2D eigenvalue weighted by Gasteiger charge is 2.34. The molecular weight excluding hydrogens is 315 g/mol. The zero-order valence-corrected chi connectivity index (χ0v) is 13.4. The number of thiazole rings is 1. The maximum atomic E-state index is 12.2. The van der Waals surface area contributed by atoms with Crippen LogP contribution in [0, 0.1) is 12.8 Å². The highest BCUT2D eigenvalue weighted by molar-refractivity contribution is 7.11. The van der Waals surface area contributed by atoms with Crippen LogP contribution in [0.2, 0.25) is 0 Å². The maximum absolute atomic E-state index is 12.2. The number of aromatic nitrogens is 1. The number of hydrogen-bond acceptors (Lipinski definition) is 4. The molecule has 0 aromatic carbocycles. The Morgan fingerprint density at radius 1 is 1.55 bits per heavy atom. The molecule has 8 heteroatoms. The van der Waals surface area contributed by atoms with Crippen molar-refractivity contribution in [1.82, 2.24) is 15.2 Å². The van der Waals surface area contributed by atoms with Gasteiger partial charge in [-0.25, -0.2) is 4.98 Å². The Morgan fingerprint density at radius 2 is 2.27 bits per heavy atom. The lowest BCUT2D eigenvalue weighted by Crippen LogP contribution is -2.50. The zero-order valence-electron chi connectivity index (χ0n) is 12.6. The van der Waals surface area contributed by atoms with Crippen LogP contribution in [0.4, 0.5) is 13.2 Å². The van der Waals surface area contributed by atoms with E-state index < -0.39 is 18.5 Å². The van der Waals surface area contributed by atoms with E-state index in [-0.39, 0.29) is 12.0 Å². The van der Waals surface area contributed by atoms with Crippen molar-refractivity contribution in [2.24, 2.45) is 5.92 Å². The summed E-state index contributed by atoms with van der Waals surface area (Å²) in [5.41, 5.74) is 0. The van der Waals surface area contributed by atoms with E-state index in [1.54, 1.807) is 11.3 Å². The predicted octanol–water partition coefficient (Wildman–Crippen LogP) is 2.73. The molecular formula is C14H20F3N3OS. The van der Waals surface area contributed by atoms with Crippen molar-refractivity contribution in [2.75, 3.05) is 13.1 Å². The molecule has 0 spiro atoms. The fourth-order valence-corrected chi connectivity index (χ4v) is 3.57. The molecule has 0 aliphatic carbocycles. The molecule has 1 fully saturated rings. The standard InChI is InChI=1S/C14H20F3N3OS/c1-9-7-20(8-11-6-18-10(2)22-11)4-3-12(9)19-13(21)5-14(15,16)17/h6,9,12H,3-5,7-8H2,1-2H3,(H,19,21). The molecule has 1 aliphatic heterocycles. The van der Waals surface area contributed by atoms with Gasteiger partial charge in [-0.2, -0.15) is 13.2 Å². The minimum absolute atomic E-state index is 0.125. The smallest absolute Gasteiger partial charge is 0.353 e. The Balaban J connectivity index is 1.81. The third-order valence-electron chi connectivity index (χ3n) is 3.75. The van der Waals surface area contributed by atoms with Gasteiger partial charge in [0.25, 0.3) is 0 Å². The van der Waals surface area contributed by atoms with E-state index in [9.17, 15) is 18.0 Å². The molecule has 1 aromatic rings. The largest absolute Gasteiger partial charge is 0.397 e. The fraction of sp³-hybridized carbons (Fsp3) is 0.714. The lowest BCUT2D eigenvalue weighted by Gasteiger charge is -2.37. The van der Waals surface area contributed by atoms with Gasteiger partial charge < -0.3 is 5.32 Å². The van der Waals surface area contributed by atoms with Gasteiger partial charge >= 0.3 is 6.18 Å². The topological polar surface area (TPSA) is 45.2 Å². The van der Waals surface area contributed by atoms with E-state index in [1.807, 2.05) is 20.0 Å². The average molecular weight is 335 g/mol. The molecule has 1 N–H and O–H groups in total. The highest BCUT2D eigenvalue weighted by atomic mass is 32.1. The summed E-state index contributed by atoms with van der Waals surface area (Å²) in [6, 6.07) is -0.186. The Hall–Kier alpha value is -1.15. The van der Waals surface area contributed by atoms with Gasteiger partial charge in [0.05, 0.1) is 5.01 Å². The van der Waals surface area contributed by atoms with Crippen molar-refractivity contribution in [1.29, 1.82) is 0 Å². The quantitative estimate of drug-likeness (QED) is 0.920. The Kier molecular flexibility index (Phi) is 5.44. The second-order valence-electron chi connectivity index (χ2n) is 5.81. The molecule has 22 heavy (non-hydrogen) atoms. The van der Waals surface area contributed by atoms with Crippen LogP contribution in [0.3, 0.4) is 0 Å². The van der Waals surface area contributed by atoms with E-state index >= 15 is 0 Å². The lowest BCUT2D eigenvalue weighted by atomic mass is 9.93. The number of carbonyl (C=O) groups is 1. The van der Waals surface area contributed by atoms with Gasteiger partial charge in [0.1, 0.15) is 6.42 Å². The number of nitrogens with zero attached hydrogens (tertiary/aromatic N) is 2. The highest BCUT2D eigenvalue weighted by Crippen LogP contribution is 2.23. The first-order valence-electron chi connectivity index (χ1n) is 7.22. The molecule has 1 amide bonds. The molecule has 2 atom stereocenters. The molecule has 2 rings (SSSR count). The van der Waals surface area contributed by atoms with E-state index in [0.717, 1.165) is 24.6 Å². The second kappa shape index (κ2) is 6.95. The summed E-state index contributed by atoms with van der Waals surface area (Å²) in [6.45, 7) is 6.24. The number of alkyl halides is 3. The van der Waals surface area contributed by atoms with Crippen LogP contribution in [-0.2, 0) is 11.3 Å². The van der Waals surface area contributed by atoms with Gasteiger partial charge in [-0.15, -0.1) is 11.3 Å². The summed E-state index contributed by atoms with van der Waals surface area (Å²) in [5, 5.41) is 3.54. The molecule has 4 nitrogen and oxygen atoms in total. The minimum atomic E-state index is -4.45. The van der Waals surface area contributed by atoms with Gasteiger partial charge in [0.2, 0.25) is 5.91 Å². The monoisotopic (exact) mass is 335 g/mol. The predicted molar refractivity (Wildman–Crippen MR) is 78.5 cm³/mol. The molecule has 124 valence electrons. The van der Waals surface area contributed by atoms with Crippen molar-refractivity contribution >= 4 is 17.2 Å². The SMILES string of the molecule is Cc1ncc(CN2CCC(NC(=O)CC(F)(F)F)C(C)C2)s1. The summed E-state index contributed by atoms with van der Waals surface area (Å²) in [7, 11) is 0. The second-order valence-corrected chi connectivity index (χ2v) is 7.13. The summed E-state index contributed by atoms with van der Waals surface area (Å²) in [5.74, 6) is -0.809. The first kappa shape index (κ1) is 17.2. The molecule has 0 saturated carbocycles. The molecule has 2 heterocycles. The number of hydrogen-bond donors (Lipinski definition) is 1. The number of rotatable bonds is 4. The summed E-state index contributed by atoms with van der Waals surface area (Å²) in [4.78, 5) is 19.1. The number of likely N-dealkylation sites (tertiary alicyclic amines) is 1. The third kappa shape index (κ3) is 5.24. The molecule has 1 aliphatic rings. The van der Waals surface area contributed by atoms with Gasteiger partial charge in [-0.05, 0) is 19.3 Å². The lowest BCUT2D eigenvalue weighted by molar-refractivity contribution is -0.154. The first-order valence-corrected chi connectivity index (χ1v) is 8.04. The first-order chi connectivity index (χ1) is 10.2. The van der Waals surface area contributed by atoms with Crippen molar-refractivity contribution < 1.29 is 18.0 Å². The Bertz CT molecular complexity index is 518. The number of aryl methyl sites for hydroxylation is 1. The number of carbonyl (C=O) groups excluding carboxylic acids is 1. The van der Waals surface area contributed by atoms with Crippen molar-refractivity contribution in [3.05, 3.63) is 16.1 Å². The van der Waals surface area contributed by atoms with E-state index in [2.05, 4.69) is 15.2 Å². The van der Waals surface area contributed by atoms with Crippen molar-refractivity contribution in [3.63, 3.8) is 0 Å². The van der Waals surface area contributed by atoms with Crippen LogP contribution in [0.1, 0.15) is 29.7 Å². The van der Waals surface area contributed by atoms with E-state index in [4.69, 9.17) is 0 Å². The van der Waals surface area contributed by atoms with E-state index in [1.165, 1.54) is 4.88 Å². The number of nitrogens with one attached hydrogen (secondary N) is 1. The molecule has 2 unspecified atom stereocenters. The van der Waals surface area contributed by atoms with Gasteiger partial charge in [-0.3, -0.25) is 9.69 Å². The van der Waals surface area contributed by atoms with Crippen LogP contribution in [0.5, 0.6) is 0 Å². The van der Waals surface area contributed by atoms with Gasteiger partial charge in [0, 0.05) is 36.8 Å². The van der Waals surface area contributed by atoms with Crippen LogP contribution in [0.15, 0.2) is 6.20 Å². The van der Waals surface area contributed by atoms with Crippen LogP contribution in [0.25, 0.3) is 0 Å². The number of piperidine rings is 1. The number of amides is 1. The normalized spacial score (nSPS) is 23.5. The van der Waals surface area contributed by atoms with Gasteiger partial charge in [0.15, 0.2) is 0 Å². The fourth-order valence-electron chi connectivity index (χ4n) is 2.73. The molecule has 0 radical (unpaired) electrons. The molecule has 1 saturated heterocycles. The van der Waals surface area contributed by atoms with Gasteiger partial charge in [-0.1, -0.05) is 6.92 Å². The molecule has 1 aromatic heterocycles. The van der Waals surface area contributed by atoms with Crippen LogP contribution < -0.4 is 5.32 Å². The van der Waals surface area contributed by atoms with Crippen molar-refractivity contribution in [3.8, 4) is 0 Å². The summed E-state index contributed by atoms with van der Waals surface area (Å²) >= 11 is 1.65. The third-order valence-corrected chi connectivity index (χ3v) is 4.64. The average Bonchev–Trinajstić information content (AvgIpc) is 2.76. The zero-order chi connectivity index (χ0) is 16.3. The maximum Gasteiger partial charge on any atom is 0.397 e. The minimum Gasteiger partial charge on any atom is -0.353 e. The van der Waals surface area contributed by atoms with Crippen LogP contribution >= 0.6 is 11.3 Å². The summed E-state index contributed by atoms with van der Waals surface area (Å²) in [6.07, 6.45) is -3.32.